The van der Waals surface area contributed by atoms with Gasteiger partial charge < -0.3 is 9.84 Å². The Balaban J connectivity index is 1.53. The highest BCUT2D eigenvalue weighted by atomic mass is 32.1. The van der Waals surface area contributed by atoms with Gasteiger partial charge in [-0.15, -0.1) is 10.2 Å². The number of ether oxygens (including phenoxy) is 1. The molecule has 4 nitrogen and oxygen atoms in total. The second-order valence-corrected chi connectivity index (χ2v) is 7.55. The van der Waals surface area contributed by atoms with Crippen LogP contribution in [0.5, 0.6) is 11.5 Å². The van der Waals surface area contributed by atoms with Crippen molar-refractivity contribution in [2.24, 2.45) is 0 Å². The van der Waals surface area contributed by atoms with Crippen LogP contribution in [0.3, 0.4) is 0 Å². The van der Waals surface area contributed by atoms with Crippen LogP contribution in [0.2, 0.25) is 0 Å². The van der Waals surface area contributed by atoms with Crippen LogP contribution in [0.15, 0.2) is 48.5 Å². The first-order valence-electron chi connectivity index (χ1n) is 9.63. The minimum absolute atomic E-state index is 0.221. The molecule has 0 fully saturated rings. The number of phenols is 1. The molecule has 0 atom stereocenters. The number of unbranched alkanes of at least 4 members (excludes halogenated alkanes) is 5. The maximum atomic E-state index is 9.97. The molecule has 0 spiro atoms. The van der Waals surface area contributed by atoms with Crippen LogP contribution in [0.1, 0.15) is 45.4 Å². The Bertz CT molecular complexity index is 830. The predicted molar refractivity (Wildman–Crippen MR) is 111 cm³/mol. The van der Waals surface area contributed by atoms with E-state index in [1.165, 1.54) is 43.4 Å². The lowest BCUT2D eigenvalue weighted by molar-refractivity contribution is 0.304. The SMILES string of the molecule is CCCCCCCCOc1ccc(-c2nnc(-c3ccccc3O)s2)cc1. The summed E-state index contributed by atoms with van der Waals surface area (Å²) in [6.07, 6.45) is 7.58. The second-order valence-electron chi connectivity index (χ2n) is 6.57. The molecule has 0 unspecified atom stereocenters. The molecule has 0 radical (unpaired) electrons. The van der Waals surface area contributed by atoms with Gasteiger partial charge in [0.1, 0.15) is 16.5 Å². The standard InChI is InChI=1S/C22H26N2O2S/c1-2-3-4-5-6-9-16-26-18-14-12-17(13-15-18)21-23-24-22(27-21)19-10-7-8-11-20(19)25/h7-8,10-15,25H,2-6,9,16H2,1H3. The number of aromatic nitrogens is 2. The van der Waals surface area contributed by atoms with Crippen LogP contribution in [-0.4, -0.2) is 21.9 Å². The molecule has 142 valence electrons. The highest BCUT2D eigenvalue weighted by Gasteiger charge is 2.11. The van der Waals surface area contributed by atoms with Gasteiger partial charge in [0, 0.05) is 5.56 Å². The van der Waals surface area contributed by atoms with Gasteiger partial charge in [-0.25, -0.2) is 0 Å². The monoisotopic (exact) mass is 382 g/mol. The third kappa shape index (κ3) is 5.54. The van der Waals surface area contributed by atoms with Crippen molar-refractivity contribution in [1.82, 2.24) is 10.2 Å². The molecule has 1 heterocycles. The van der Waals surface area contributed by atoms with Gasteiger partial charge in [-0.2, -0.15) is 0 Å². The van der Waals surface area contributed by atoms with E-state index >= 15 is 0 Å². The van der Waals surface area contributed by atoms with Gasteiger partial charge in [0.2, 0.25) is 0 Å². The third-order valence-corrected chi connectivity index (χ3v) is 5.43. The van der Waals surface area contributed by atoms with Gasteiger partial charge in [-0.1, -0.05) is 62.5 Å². The van der Waals surface area contributed by atoms with Crippen molar-refractivity contribution in [3.8, 4) is 32.6 Å². The van der Waals surface area contributed by atoms with E-state index in [-0.39, 0.29) is 5.75 Å². The van der Waals surface area contributed by atoms with Crippen molar-refractivity contribution in [2.75, 3.05) is 6.61 Å². The average Bonchev–Trinajstić information content (AvgIpc) is 3.18. The molecule has 0 amide bonds. The van der Waals surface area contributed by atoms with Crippen LogP contribution in [0.25, 0.3) is 21.1 Å². The van der Waals surface area contributed by atoms with Gasteiger partial charge in [-0.3, -0.25) is 0 Å². The summed E-state index contributed by atoms with van der Waals surface area (Å²) < 4.78 is 5.83. The van der Waals surface area contributed by atoms with E-state index in [1.807, 2.05) is 36.4 Å². The van der Waals surface area contributed by atoms with E-state index in [2.05, 4.69) is 17.1 Å². The molecular weight excluding hydrogens is 356 g/mol. The first-order chi connectivity index (χ1) is 13.3. The summed E-state index contributed by atoms with van der Waals surface area (Å²) in [5.41, 5.74) is 1.71. The van der Waals surface area contributed by atoms with Gasteiger partial charge in [-0.05, 0) is 42.8 Å². The number of hydrogen-bond donors (Lipinski definition) is 1. The number of phenolic OH excluding ortho intramolecular Hbond substituents is 1. The summed E-state index contributed by atoms with van der Waals surface area (Å²) in [7, 11) is 0. The fourth-order valence-corrected chi connectivity index (χ4v) is 3.75. The molecule has 27 heavy (non-hydrogen) atoms. The van der Waals surface area contributed by atoms with Crippen molar-refractivity contribution in [2.45, 2.75) is 45.4 Å². The third-order valence-electron chi connectivity index (χ3n) is 4.43. The molecule has 0 aliphatic heterocycles. The lowest BCUT2D eigenvalue weighted by atomic mass is 10.1. The smallest absolute Gasteiger partial charge is 0.151 e. The zero-order valence-corrected chi connectivity index (χ0v) is 16.5. The zero-order valence-electron chi connectivity index (χ0n) is 15.7. The molecule has 2 aromatic carbocycles. The van der Waals surface area contributed by atoms with Gasteiger partial charge in [0.25, 0.3) is 0 Å². The highest BCUT2D eigenvalue weighted by molar-refractivity contribution is 7.18. The minimum atomic E-state index is 0.221. The Morgan fingerprint density at radius 1 is 0.852 bits per heavy atom. The lowest BCUT2D eigenvalue weighted by Crippen LogP contribution is -1.97. The first kappa shape index (κ1) is 19.4. The molecule has 0 aliphatic rings. The molecule has 1 aromatic heterocycles. The Labute approximate surface area is 164 Å². The van der Waals surface area contributed by atoms with E-state index in [9.17, 15) is 5.11 Å². The fourth-order valence-electron chi connectivity index (χ4n) is 2.87. The van der Waals surface area contributed by atoms with Crippen molar-refractivity contribution in [3.05, 3.63) is 48.5 Å². The van der Waals surface area contributed by atoms with Crippen molar-refractivity contribution >= 4 is 11.3 Å². The molecule has 0 aliphatic carbocycles. The molecule has 5 heteroatoms. The van der Waals surface area contributed by atoms with Crippen LogP contribution in [-0.2, 0) is 0 Å². The zero-order chi connectivity index (χ0) is 18.9. The molecule has 0 saturated heterocycles. The van der Waals surface area contributed by atoms with Gasteiger partial charge >= 0.3 is 0 Å². The van der Waals surface area contributed by atoms with Crippen LogP contribution in [0.4, 0.5) is 0 Å². The molecule has 0 bridgehead atoms. The van der Waals surface area contributed by atoms with Crippen LogP contribution < -0.4 is 4.74 Å². The number of benzene rings is 2. The van der Waals surface area contributed by atoms with Crippen molar-refractivity contribution in [1.29, 1.82) is 0 Å². The predicted octanol–water partition coefficient (Wildman–Crippen LogP) is 6.32. The van der Waals surface area contributed by atoms with E-state index in [4.69, 9.17) is 4.74 Å². The molecular formula is C22H26N2O2S. The average molecular weight is 383 g/mol. The Kier molecular flexibility index (Phi) is 7.22. The Hall–Kier alpha value is -2.40. The summed E-state index contributed by atoms with van der Waals surface area (Å²) in [5, 5.41) is 20.0. The van der Waals surface area contributed by atoms with E-state index in [0.717, 1.165) is 29.3 Å². The maximum Gasteiger partial charge on any atom is 0.151 e. The number of nitrogens with zero attached hydrogens (tertiary/aromatic N) is 2. The quantitative estimate of drug-likeness (QED) is 0.417. The van der Waals surface area contributed by atoms with E-state index in [1.54, 1.807) is 12.1 Å². The topological polar surface area (TPSA) is 55.2 Å². The Morgan fingerprint density at radius 2 is 1.56 bits per heavy atom. The molecule has 3 aromatic rings. The number of para-hydroxylation sites is 1. The summed E-state index contributed by atoms with van der Waals surface area (Å²) in [6, 6.07) is 15.2. The van der Waals surface area contributed by atoms with E-state index in [0.29, 0.717) is 10.6 Å². The minimum Gasteiger partial charge on any atom is -0.507 e. The first-order valence-corrected chi connectivity index (χ1v) is 10.4. The fraction of sp³-hybridized carbons (Fsp3) is 0.364. The van der Waals surface area contributed by atoms with Crippen LogP contribution >= 0.6 is 11.3 Å². The van der Waals surface area contributed by atoms with Gasteiger partial charge in [0.05, 0.1) is 12.2 Å². The highest BCUT2D eigenvalue weighted by Crippen LogP contribution is 2.34. The largest absolute Gasteiger partial charge is 0.507 e. The molecule has 0 saturated carbocycles. The summed E-state index contributed by atoms with van der Waals surface area (Å²) in [4.78, 5) is 0. The number of hydrogen-bond acceptors (Lipinski definition) is 5. The summed E-state index contributed by atoms with van der Waals surface area (Å²) in [5.74, 6) is 1.11. The van der Waals surface area contributed by atoms with Crippen molar-refractivity contribution in [3.63, 3.8) is 0 Å². The number of rotatable bonds is 10. The summed E-state index contributed by atoms with van der Waals surface area (Å²) in [6.45, 7) is 3.00. The summed E-state index contributed by atoms with van der Waals surface area (Å²) >= 11 is 1.47. The maximum absolute atomic E-state index is 9.97. The lowest BCUT2D eigenvalue weighted by Gasteiger charge is -2.06. The normalized spacial score (nSPS) is 10.9. The second kappa shape index (κ2) is 10.1. The molecule has 3 rings (SSSR count). The Morgan fingerprint density at radius 3 is 2.33 bits per heavy atom. The van der Waals surface area contributed by atoms with E-state index < -0.39 is 0 Å². The van der Waals surface area contributed by atoms with Gasteiger partial charge in [0.15, 0.2) is 5.01 Å². The van der Waals surface area contributed by atoms with Crippen LogP contribution in [0, 0.1) is 0 Å². The molecule has 1 N–H and O–H groups in total. The van der Waals surface area contributed by atoms with Crippen molar-refractivity contribution < 1.29 is 9.84 Å². The number of aromatic hydroxyl groups is 1.